The number of nitrogens with one attached hydrogen (secondary N) is 2. The second kappa shape index (κ2) is 8.30. The number of hydrogen-bond acceptors (Lipinski definition) is 5. The first kappa shape index (κ1) is 20.2. The first-order valence-electron chi connectivity index (χ1n) is 8.19. The Balaban J connectivity index is 2.11. The number of sulfonamides is 1. The van der Waals surface area contributed by atoms with Crippen LogP contribution in [-0.2, 0) is 14.8 Å². The van der Waals surface area contributed by atoms with Crippen LogP contribution in [0.1, 0.15) is 47.0 Å². The molecule has 0 aromatic heterocycles. The molecule has 0 unspecified atom stereocenters. The lowest BCUT2D eigenvalue weighted by Gasteiger charge is -2.36. The van der Waals surface area contributed by atoms with Gasteiger partial charge in [0.05, 0.1) is 6.26 Å². The van der Waals surface area contributed by atoms with E-state index in [-0.39, 0.29) is 12.1 Å². The van der Waals surface area contributed by atoms with Gasteiger partial charge >= 0.3 is 6.09 Å². The Bertz CT molecular complexity index is 481. The molecule has 0 atom stereocenters. The predicted octanol–water partition coefficient (Wildman–Crippen LogP) is 1.30. The second-order valence-corrected chi connectivity index (χ2v) is 9.06. The maximum absolute atomic E-state index is 11.6. The fourth-order valence-corrected chi connectivity index (χ4v) is 3.43. The summed E-state index contributed by atoms with van der Waals surface area (Å²) in [6.45, 7) is 9.18. The van der Waals surface area contributed by atoms with E-state index in [0.29, 0.717) is 19.1 Å². The molecule has 7 nitrogen and oxygen atoms in total. The number of rotatable bonds is 8. The van der Waals surface area contributed by atoms with E-state index < -0.39 is 15.6 Å². The highest BCUT2D eigenvalue weighted by molar-refractivity contribution is 7.88. The van der Waals surface area contributed by atoms with Crippen molar-refractivity contribution in [1.82, 2.24) is 14.9 Å². The van der Waals surface area contributed by atoms with Crippen molar-refractivity contribution in [1.29, 1.82) is 0 Å². The molecule has 1 saturated carbocycles. The summed E-state index contributed by atoms with van der Waals surface area (Å²) in [7, 11) is -3.10. The van der Waals surface area contributed by atoms with Crippen LogP contribution < -0.4 is 10.6 Å². The fraction of sp³-hybridized carbons (Fsp3) is 0.933. The van der Waals surface area contributed by atoms with Crippen LogP contribution in [0.5, 0.6) is 0 Å². The summed E-state index contributed by atoms with van der Waals surface area (Å²) in [5, 5.41) is 6.24. The Morgan fingerprint density at radius 3 is 2.35 bits per heavy atom. The zero-order chi connectivity index (χ0) is 17.7. The average Bonchev–Trinajstić information content (AvgIpc) is 2.31. The van der Waals surface area contributed by atoms with Gasteiger partial charge in [-0.2, -0.15) is 0 Å². The van der Waals surface area contributed by atoms with Gasteiger partial charge in [0.1, 0.15) is 5.60 Å². The van der Waals surface area contributed by atoms with Crippen molar-refractivity contribution >= 4 is 16.1 Å². The van der Waals surface area contributed by atoms with Gasteiger partial charge in [-0.05, 0) is 46.6 Å². The number of ether oxygens (including phenoxy) is 1. The van der Waals surface area contributed by atoms with E-state index in [9.17, 15) is 13.2 Å². The first-order valence-corrected chi connectivity index (χ1v) is 10.0. The molecule has 0 bridgehead atoms. The number of carbonyl (C=O) groups is 1. The highest BCUT2D eigenvalue weighted by Gasteiger charge is 2.31. The number of carbonyl (C=O) groups excluding carboxylic acids is 1. The summed E-state index contributed by atoms with van der Waals surface area (Å²) in [4.78, 5) is 11.6. The summed E-state index contributed by atoms with van der Waals surface area (Å²) < 4.78 is 29.6. The molecule has 1 aliphatic rings. The quantitative estimate of drug-likeness (QED) is 0.645. The van der Waals surface area contributed by atoms with Crippen LogP contribution in [-0.4, -0.2) is 62.4 Å². The molecule has 1 rings (SSSR count). The van der Waals surface area contributed by atoms with E-state index in [2.05, 4.69) is 10.6 Å². The predicted molar refractivity (Wildman–Crippen MR) is 90.9 cm³/mol. The standard InChI is InChI=1S/C15H31N3O4S/c1-6-18(23(5,20)21)9-7-8-16-12-10-13(11-12)17-14(19)22-15(2,3)4/h12-13,16H,6-11H2,1-5H3,(H,17,19). The molecule has 0 radical (unpaired) electrons. The van der Waals surface area contributed by atoms with Crippen molar-refractivity contribution in [3.63, 3.8) is 0 Å². The number of hydrogen-bond donors (Lipinski definition) is 2. The fourth-order valence-electron chi connectivity index (χ4n) is 2.50. The van der Waals surface area contributed by atoms with Gasteiger partial charge in [0, 0.05) is 25.2 Å². The Morgan fingerprint density at radius 1 is 1.26 bits per heavy atom. The van der Waals surface area contributed by atoms with E-state index in [0.717, 1.165) is 25.8 Å². The molecule has 1 aliphatic carbocycles. The Labute approximate surface area is 140 Å². The normalized spacial score (nSPS) is 21.8. The summed E-state index contributed by atoms with van der Waals surface area (Å²) in [6, 6.07) is 0.536. The molecular formula is C15H31N3O4S. The minimum Gasteiger partial charge on any atom is -0.444 e. The van der Waals surface area contributed by atoms with Gasteiger partial charge < -0.3 is 15.4 Å². The monoisotopic (exact) mass is 349 g/mol. The zero-order valence-electron chi connectivity index (χ0n) is 14.9. The summed E-state index contributed by atoms with van der Waals surface area (Å²) in [6.07, 6.45) is 3.41. The third-order valence-corrected chi connectivity index (χ3v) is 5.08. The Morgan fingerprint density at radius 2 is 1.87 bits per heavy atom. The van der Waals surface area contributed by atoms with Crippen molar-refractivity contribution in [2.24, 2.45) is 0 Å². The summed E-state index contributed by atoms with van der Waals surface area (Å²) in [5.74, 6) is 0. The van der Waals surface area contributed by atoms with Gasteiger partial charge in [0.15, 0.2) is 0 Å². The molecule has 0 aromatic carbocycles. The van der Waals surface area contributed by atoms with Crippen LogP contribution >= 0.6 is 0 Å². The van der Waals surface area contributed by atoms with Crippen LogP contribution in [0.3, 0.4) is 0 Å². The van der Waals surface area contributed by atoms with Crippen LogP contribution in [0.4, 0.5) is 4.79 Å². The van der Waals surface area contributed by atoms with Gasteiger partial charge in [0.25, 0.3) is 0 Å². The topological polar surface area (TPSA) is 87.7 Å². The minimum atomic E-state index is -3.10. The van der Waals surface area contributed by atoms with E-state index in [4.69, 9.17) is 4.74 Å². The average molecular weight is 349 g/mol. The maximum atomic E-state index is 11.6. The lowest BCUT2D eigenvalue weighted by atomic mass is 9.87. The first-order chi connectivity index (χ1) is 10.5. The highest BCUT2D eigenvalue weighted by Crippen LogP contribution is 2.20. The molecule has 0 spiro atoms. The largest absolute Gasteiger partial charge is 0.444 e. The molecule has 1 fully saturated rings. The SMILES string of the molecule is CCN(CCCNC1CC(NC(=O)OC(C)(C)C)C1)S(C)(=O)=O. The molecule has 1 amide bonds. The van der Waals surface area contributed by atoms with E-state index in [1.165, 1.54) is 10.6 Å². The number of nitrogens with zero attached hydrogens (tertiary/aromatic N) is 1. The van der Waals surface area contributed by atoms with Gasteiger partial charge in [-0.15, -0.1) is 0 Å². The summed E-state index contributed by atoms with van der Waals surface area (Å²) in [5.41, 5.74) is -0.476. The van der Waals surface area contributed by atoms with Crippen molar-refractivity contribution in [3.05, 3.63) is 0 Å². The van der Waals surface area contributed by atoms with Gasteiger partial charge in [0.2, 0.25) is 10.0 Å². The lowest BCUT2D eigenvalue weighted by Crippen LogP contribution is -2.53. The van der Waals surface area contributed by atoms with Crippen LogP contribution in [0.2, 0.25) is 0 Å². The van der Waals surface area contributed by atoms with Crippen molar-refractivity contribution in [3.8, 4) is 0 Å². The Kier molecular flexibility index (Phi) is 7.29. The van der Waals surface area contributed by atoms with Gasteiger partial charge in [-0.1, -0.05) is 6.92 Å². The summed E-state index contributed by atoms with van der Waals surface area (Å²) >= 11 is 0. The lowest BCUT2D eigenvalue weighted by molar-refractivity contribution is 0.0465. The molecule has 0 aromatic rings. The van der Waals surface area contributed by atoms with Gasteiger partial charge in [-0.25, -0.2) is 17.5 Å². The minimum absolute atomic E-state index is 0.158. The smallest absolute Gasteiger partial charge is 0.407 e. The van der Waals surface area contributed by atoms with Crippen LogP contribution in [0.25, 0.3) is 0 Å². The molecule has 23 heavy (non-hydrogen) atoms. The Hall–Kier alpha value is -0.860. The molecular weight excluding hydrogens is 318 g/mol. The molecule has 0 heterocycles. The molecule has 136 valence electrons. The number of alkyl carbamates (subject to hydrolysis) is 1. The van der Waals surface area contributed by atoms with Crippen molar-refractivity contribution < 1.29 is 17.9 Å². The molecule has 2 N–H and O–H groups in total. The van der Waals surface area contributed by atoms with E-state index in [1.54, 1.807) is 0 Å². The van der Waals surface area contributed by atoms with E-state index >= 15 is 0 Å². The van der Waals surface area contributed by atoms with Crippen molar-refractivity contribution in [2.45, 2.75) is 64.6 Å². The van der Waals surface area contributed by atoms with Gasteiger partial charge in [-0.3, -0.25) is 0 Å². The third-order valence-electron chi connectivity index (χ3n) is 3.70. The van der Waals surface area contributed by atoms with Crippen LogP contribution in [0.15, 0.2) is 0 Å². The van der Waals surface area contributed by atoms with Crippen LogP contribution in [0, 0.1) is 0 Å². The maximum Gasteiger partial charge on any atom is 0.407 e. The molecule has 8 heteroatoms. The van der Waals surface area contributed by atoms with Crippen molar-refractivity contribution in [2.75, 3.05) is 25.9 Å². The third kappa shape index (κ3) is 7.99. The highest BCUT2D eigenvalue weighted by atomic mass is 32.2. The number of amides is 1. The second-order valence-electron chi connectivity index (χ2n) is 7.07. The zero-order valence-corrected chi connectivity index (χ0v) is 15.7. The molecule has 0 aliphatic heterocycles. The molecule has 0 saturated heterocycles. The van der Waals surface area contributed by atoms with E-state index in [1.807, 2.05) is 27.7 Å².